The van der Waals surface area contributed by atoms with Gasteiger partial charge in [0.05, 0.1) is 19.2 Å². The van der Waals surface area contributed by atoms with Crippen molar-refractivity contribution in [2.45, 2.75) is 45.5 Å². The number of carboxylic acid groups (broad SMARTS) is 1. The summed E-state index contributed by atoms with van der Waals surface area (Å²) in [6.45, 7) is 7.40. The van der Waals surface area contributed by atoms with Crippen LogP contribution in [0.1, 0.15) is 27.7 Å². The van der Waals surface area contributed by atoms with Gasteiger partial charge in [-0.2, -0.15) is 0 Å². The van der Waals surface area contributed by atoms with Crippen LogP contribution in [0.25, 0.3) is 0 Å². The third kappa shape index (κ3) is 4.22. The van der Waals surface area contributed by atoms with Gasteiger partial charge in [0.15, 0.2) is 6.10 Å². The number of amides is 1. The number of carbonyl (C=O) groups is 2. The predicted octanol–water partition coefficient (Wildman–Crippen LogP) is 1.10. The second-order valence-corrected chi connectivity index (χ2v) is 5.16. The van der Waals surface area contributed by atoms with E-state index in [9.17, 15) is 9.59 Å². The lowest BCUT2D eigenvalue weighted by molar-refractivity contribution is -0.161. The number of ether oxygens (including phenoxy) is 2. The quantitative estimate of drug-likeness (QED) is 0.748. The topological polar surface area (TPSA) is 76.1 Å². The molecule has 0 aliphatic carbocycles. The van der Waals surface area contributed by atoms with E-state index in [0.717, 1.165) is 0 Å². The van der Waals surface area contributed by atoms with Crippen molar-refractivity contribution < 1.29 is 24.2 Å². The summed E-state index contributed by atoms with van der Waals surface area (Å²) < 4.78 is 10.4. The molecule has 1 heterocycles. The van der Waals surface area contributed by atoms with Gasteiger partial charge >= 0.3 is 12.1 Å². The molecule has 1 unspecified atom stereocenters. The largest absolute Gasteiger partial charge is 0.479 e. The molecule has 6 nitrogen and oxygen atoms in total. The number of hydrogen-bond donors (Lipinski definition) is 1. The van der Waals surface area contributed by atoms with Gasteiger partial charge in [-0.25, -0.2) is 9.59 Å². The van der Waals surface area contributed by atoms with Crippen LogP contribution in [-0.2, 0) is 14.3 Å². The molecule has 98 valence electrons. The lowest BCUT2D eigenvalue weighted by Crippen LogP contribution is -2.52. The second-order valence-electron chi connectivity index (χ2n) is 5.16. The highest BCUT2D eigenvalue weighted by Gasteiger charge is 2.34. The second kappa shape index (κ2) is 4.91. The summed E-state index contributed by atoms with van der Waals surface area (Å²) in [5, 5.41) is 8.88. The van der Waals surface area contributed by atoms with E-state index in [2.05, 4.69) is 0 Å². The first-order chi connectivity index (χ1) is 7.69. The SMILES string of the molecule is CC1CN(C(=O)OC(C)(C)C)C[C@@H](C(=O)O)O1. The Balaban J connectivity index is 2.64. The Morgan fingerprint density at radius 3 is 2.41 bits per heavy atom. The van der Waals surface area contributed by atoms with Gasteiger partial charge in [0.25, 0.3) is 0 Å². The summed E-state index contributed by atoms with van der Waals surface area (Å²) >= 11 is 0. The molecule has 0 aromatic rings. The Morgan fingerprint density at radius 2 is 1.94 bits per heavy atom. The fourth-order valence-electron chi connectivity index (χ4n) is 1.56. The van der Waals surface area contributed by atoms with Gasteiger partial charge in [-0.15, -0.1) is 0 Å². The number of hydrogen-bond acceptors (Lipinski definition) is 4. The molecule has 0 saturated carbocycles. The maximum atomic E-state index is 11.8. The fraction of sp³-hybridized carbons (Fsp3) is 0.818. The van der Waals surface area contributed by atoms with Crippen molar-refractivity contribution in [3.05, 3.63) is 0 Å². The van der Waals surface area contributed by atoms with Crippen molar-refractivity contribution in [3.63, 3.8) is 0 Å². The number of aliphatic carboxylic acids is 1. The van der Waals surface area contributed by atoms with Crippen molar-refractivity contribution in [2.24, 2.45) is 0 Å². The third-order valence-corrected chi connectivity index (χ3v) is 2.19. The van der Waals surface area contributed by atoms with E-state index in [1.54, 1.807) is 27.7 Å². The monoisotopic (exact) mass is 245 g/mol. The number of carbonyl (C=O) groups excluding carboxylic acids is 1. The standard InChI is InChI=1S/C11H19NO5/c1-7-5-12(6-8(16-7)9(13)14)10(15)17-11(2,3)4/h7-8H,5-6H2,1-4H3,(H,13,14)/t7?,8-/m0/s1. The van der Waals surface area contributed by atoms with Gasteiger partial charge in [-0.1, -0.05) is 0 Å². The Hall–Kier alpha value is -1.30. The highest BCUT2D eigenvalue weighted by molar-refractivity contribution is 5.75. The molecule has 1 aliphatic rings. The van der Waals surface area contributed by atoms with Crippen molar-refractivity contribution in [1.82, 2.24) is 4.90 Å². The zero-order chi connectivity index (χ0) is 13.2. The van der Waals surface area contributed by atoms with Crippen molar-refractivity contribution in [3.8, 4) is 0 Å². The Kier molecular flexibility index (Phi) is 3.98. The van der Waals surface area contributed by atoms with Crippen LogP contribution in [0.5, 0.6) is 0 Å². The number of rotatable bonds is 1. The third-order valence-electron chi connectivity index (χ3n) is 2.19. The molecule has 1 N–H and O–H groups in total. The molecule has 1 amide bonds. The van der Waals surface area contributed by atoms with Crippen LogP contribution >= 0.6 is 0 Å². The number of nitrogens with zero attached hydrogens (tertiary/aromatic N) is 1. The van der Waals surface area contributed by atoms with Gasteiger partial charge < -0.3 is 19.5 Å². The van der Waals surface area contributed by atoms with E-state index in [1.165, 1.54) is 4.90 Å². The van der Waals surface area contributed by atoms with Gasteiger partial charge in [0, 0.05) is 0 Å². The van der Waals surface area contributed by atoms with E-state index in [4.69, 9.17) is 14.6 Å². The number of morpholine rings is 1. The average Bonchev–Trinajstić information content (AvgIpc) is 2.13. The van der Waals surface area contributed by atoms with E-state index < -0.39 is 23.8 Å². The van der Waals surface area contributed by atoms with Gasteiger partial charge in [-0.3, -0.25) is 0 Å². The van der Waals surface area contributed by atoms with E-state index in [0.29, 0.717) is 6.54 Å². The molecule has 0 spiro atoms. The van der Waals surface area contributed by atoms with Crippen LogP contribution in [-0.4, -0.2) is 53.0 Å². The fourth-order valence-corrected chi connectivity index (χ4v) is 1.56. The summed E-state index contributed by atoms with van der Waals surface area (Å²) in [4.78, 5) is 24.0. The first kappa shape index (κ1) is 13.8. The minimum absolute atomic E-state index is 0.0224. The van der Waals surface area contributed by atoms with Crippen molar-refractivity contribution in [1.29, 1.82) is 0 Å². The molecule has 0 bridgehead atoms. The minimum atomic E-state index is -1.06. The maximum Gasteiger partial charge on any atom is 0.410 e. The molecular formula is C11H19NO5. The van der Waals surface area contributed by atoms with Crippen LogP contribution in [0.15, 0.2) is 0 Å². The molecule has 0 aromatic carbocycles. The van der Waals surface area contributed by atoms with Gasteiger partial charge in [0.2, 0.25) is 0 Å². The molecule has 17 heavy (non-hydrogen) atoms. The molecule has 1 rings (SSSR count). The molecule has 1 fully saturated rings. The van der Waals surface area contributed by atoms with Crippen LogP contribution < -0.4 is 0 Å². The summed E-state index contributed by atoms with van der Waals surface area (Å²) in [6.07, 6.45) is -1.79. The molecule has 2 atom stereocenters. The molecular weight excluding hydrogens is 226 g/mol. The van der Waals surface area contributed by atoms with E-state index in [1.807, 2.05) is 0 Å². The van der Waals surface area contributed by atoms with Crippen LogP contribution in [0.4, 0.5) is 4.79 Å². The summed E-state index contributed by atoms with van der Waals surface area (Å²) in [7, 11) is 0. The normalized spacial score (nSPS) is 25.5. The highest BCUT2D eigenvalue weighted by Crippen LogP contribution is 2.15. The van der Waals surface area contributed by atoms with E-state index >= 15 is 0 Å². The smallest absolute Gasteiger partial charge is 0.410 e. The lowest BCUT2D eigenvalue weighted by atomic mass is 10.2. The molecule has 1 aliphatic heterocycles. The van der Waals surface area contributed by atoms with Gasteiger partial charge in [0.1, 0.15) is 5.60 Å². The first-order valence-corrected chi connectivity index (χ1v) is 5.55. The molecule has 0 aromatic heterocycles. The van der Waals surface area contributed by atoms with Crippen molar-refractivity contribution >= 4 is 12.1 Å². The highest BCUT2D eigenvalue weighted by atomic mass is 16.6. The zero-order valence-corrected chi connectivity index (χ0v) is 10.6. The Labute approximate surface area is 100 Å². The predicted molar refractivity (Wildman–Crippen MR) is 59.8 cm³/mol. The number of carboxylic acids is 1. The summed E-state index contributed by atoms with van der Waals surface area (Å²) in [5.74, 6) is -1.06. The molecule has 1 saturated heterocycles. The molecule has 0 radical (unpaired) electrons. The zero-order valence-electron chi connectivity index (χ0n) is 10.6. The van der Waals surface area contributed by atoms with E-state index in [-0.39, 0.29) is 12.6 Å². The summed E-state index contributed by atoms with van der Waals surface area (Å²) in [6, 6.07) is 0. The maximum absolute atomic E-state index is 11.8. The van der Waals surface area contributed by atoms with Gasteiger partial charge in [-0.05, 0) is 27.7 Å². The lowest BCUT2D eigenvalue weighted by Gasteiger charge is -2.35. The van der Waals surface area contributed by atoms with Crippen molar-refractivity contribution in [2.75, 3.05) is 13.1 Å². The summed E-state index contributed by atoms with van der Waals surface area (Å²) in [5.41, 5.74) is -0.586. The Bertz CT molecular complexity index is 309. The average molecular weight is 245 g/mol. The molecule has 6 heteroatoms. The Morgan fingerprint density at radius 1 is 1.35 bits per heavy atom. The van der Waals surface area contributed by atoms with Crippen LogP contribution in [0, 0.1) is 0 Å². The first-order valence-electron chi connectivity index (χ1n) is 5.55. The van der Waals surface area contributed by atoms with Crippen LogP contribution in [0.2, 0.25) is 0 Å². The van der Waals surface area contributed by atoms with Crippen LogP contribution in [0.3, 0.4) is 0 Å². The minimum Gasteiger partial charge on any atom is -0.479 e.